The highest BCUT2D eigenvalue weighted by Gasteiger charge is 2.21. The first kappa shape index (κ1) is 13.1. The molecule has 2 rings (SSSR count). The third-order valence-corrected chi connectivity index (χ3v) is 4.27. The van der Waals surface area contributed by atoms with Crippen molar-refractivity contribution in [1.29, 1.82) is 0 Å². The summed E-state index contributed by atoms with van der Waals surface area (Å²) in [5.74, 6) is 1.89. The van der Waals surface area contributed by atoms with Crippen molar-refractivity contribution in [2.24, 2.45) is 5.73 Å². The smallest absolute Gasteiger partial charge is 0.141 e. The molecule has 0 aromatic heterocycles. The molecule has 1 unspecified atom stereocenters. The Morgan fingerprint density at radius 2 is 2.12 bits per heavy atom. The van der Waals surface area contributed by atoms with Crippen LogP contribution in [0.4, 0.5) is 4.39 Å². The van der Waals surface area contributed by atoms with E-state index in [1.165, 1.54) is 6.07 Å². The number of rotatable bonds is 3. The van der Waals surface area contributed by atoms with Crippen LogP contribution in [0.1, 0.15) is 11.6 Å². The molecule has 2 nitrogen and oxygen atoms in total. The Bertz CT molecular complexity index is 383. The molecule has 1 aliphatic heterocycles. The summed E-state index contributed by atoms with van der Waals surface area (Å²) in [7, 11) is 0. The molecule has 0 radical (unpaired) electrons. The predicted molar refractivity (Wildman–Crippen MR) is 72.1 cm³/mol. The largest absolute Gasteiger partial charge is 0.329 e. The molecule has 94 valence electrons. The van der Waals surface area contributed by atoms with Crippen molar-refractivity contribution >= 4 is 23.4 Å². The number of thioether (sulfide) groups is 1. The summed E-state index contributed by atoms with van der Waals surface area (Å²) in [6.07, 6.45) is 0. The zero-order valence-corrected chi connectivity index (χ0v) is 11.1. The van der Waals surface area contributed by atoms with Crippen molar-refractivity contribution in [3.05, 3.63) is 34.6 Å². The first-order chi connectivity index (χ1) is 8.22. The van der Waals surface area contributed by atoms with Crippen LogP contribution < -0.4 is 5.73 Å². The Labute approximate surface area is 110 Å². The lowest BCUT2D eigenvalue weighted by Crippen LogP contribution is -2.39. The monoisotopic (exact) mass is 274 g/mol. The summed E-state index contributed by atoms with van der Waals surface area (Å²) in [5, 5.41) is 0.173. The first-order valence-electron chi connectivity index (χ1n) is 5.69. The third-order valence-electron chi connectivity index (χ3n) is 3.04. The second-order valence-corrected chi connectivity index (χ2v) is 5.71. The number of benzene rings is 1. The number of hydrogen-bond acceptors (Lipinski definition) is 3. The molecule has 1 aromatic rings. The molecule has 0 saturated carbocycles. The van der Waals surface area contributed by atoms with Crippen LogP contribution in [0, 0.1) is 5.82 Å². The Balaban J connectivity index is 2.18. The van der Waals surface area contributed by atoms with Gasteiger partial charge in [-0.2, -0.15) is 11.8 Å². The van der Waals surface area contributed by atoms with E-state index in [-0.39, 0.29) is 16.9 Å². The van der Waals surface area contributed by atoms with Gasteiger partial charge in [-0.15, -0.1) is 0 Å². The van der Waals surface area contributed by atoms with Gasteiger partial charge in [0.25, 0.3) is 0 Å². The van der Waals surface area contributed by atoms with Crippen LogP contribution in [0.3, 0.4) is 0 Å². The zero-order chi connectivity index (χ0) is 12.3. The number of hydrogen-bond donors (Lipinski definition) is 1. The molecule has 17 heavy (non-hydrogen) atoms. The van der Waals surface area contributed by atoms with Gasteiger partial charge in [-0.1, -0.05) is 17.7 Å². The van der Waals surface area contributed by atoms with Crippen LogP contribution in [-0.2, 0) is 0 Å². The Hall–Kier alpha value is -0.290. The minimum absolute atomic E-state index is 0.147. The zero-order valence-electron chi connectivity index (χ0n) is 9.53. The van der Waals surface area contributed by atoms with Crippen LogP contribution in [0.25, 0.3) is 0 Å². The van der Waals surface area contributed by atoms with Crippen molar-refractivity contribution < 1.29 is 4.39 Å². The molecule has 0 amide bonds. The second-order valence-electron chi connectivity index (χ2n) is 4.07. The van der Waals surface area contributed by atoms with Gasteiger partial charge in [-0.25, -0.2) is 4.39 Å². The maximum Gasteiger partial charge on any atom is 0.141 e. The fourth-order valence-corrected chi connectivity index (χ4v) is 3.23. The van der Waals surface area contributed by atoms with Crippen LogP contribution >= 0.6 is 23.4 Å². The van der Waals surface area contributed by atoms with E-state index in [0.29, 0.717) is 6.54 Å². The van der Waals surface area contributed by atoms with Gasteiger partial charge in [-0.3, -0.25) is 4.90 Å². The van der Waals surface area contributed by atoms with E-state index < -0.39 is 0 Å². The first-order valence-corrected chi connectivity index (χ1v) is 7.22. The van der Waals surface area contributed by atoms with Crippen molar-refractivity contribution in [3.8, 4) is 0 Å². The Kier molecular flexibility index (Phi) is 4.68. The lowest BCUT2D eigenvalue weighted by Gasteiger charge is -2.34. The minimum Gasteiger partial charge on any atom is -0.329 e. The molecule has 5 heteroatoms. The molecular weight excluding hydrogens is 259 g/mol. The lowest BCUT2D eigenvalue weighted by molar-refractivity contribution is 0.223. The summed E-state index contributed by atoms with van der Waals surface area (Å²) < 4.78 is 13.1. The normalized spacial score (nSPS) is 19.2. The van der Waals surface area contributed by atoms with Crippen LogP contribution in [0.15, 0.2) is 18.2 Å². The van der Waals surface area contributed by atoms with E-state index in [4.69, 9.17) is 17.3 Å². The van der Waals surface area contributed by atoms with E-state index in [9.17, 15) is 4.39 Å². The quantitative estimate of drug-likeness (QED) is 0.918. The average molecular weight is 275 g/mol. The molecule has 0 bridgehead atoms. The van der Waals surface area contributed by atoms with Crippen molar-refractivity contribution in [1.82, 2.24) is 4.90 Å². The lowest BCUT2D eigenvalue weighted by atomic mass is 10.1. The van der Waals surface area contributed by atoms with Crippen molar-refractivity contribution in [2.75, 3.05) is 31.1 Å². The van der Waals surface area contributed by atoms with Gasteiger partial charge in [0.1, 0.15) is 5.82 Å². The predicted octanol–water partition coefficient (Wildman–Crippen LogP) is 2.53. The van der Waals surface area contributed by atoms with Gasteiger partial charge in [0.2, 0.25) is 0 Å². The number of nitrogens with two attached hydrogens (primary N) is 1. The minimum atomic E-state index is -0.375. The molecular formula is C12H16ClFN2S. The Morgan fingerprint density at radius 1 is 1.41 bits per heavy atom. The van der Waals surface area contributed by atoms with Gasteiger partial charge >= 0.3 is 0 Å². The molecule has 1 fully saturated rings. The van der Waals surface area contributed by atoms with E-state index in [0.717, 1.165) is 30.2 Å². The molecule has 1 heterocycles. The van der Waals surface area contributed by atoms with E-state index in [1.54, 1.807) is 12.1 Å². The molecule has 1 aliphatic rings. The summed E-state index contributed by atoms with van der Waals surface area (Å²) in [6.45, 7) is 2.59. The molecule has 0 aliphatic carbocycles. The summed E-state index contributed by atoms with van der Waals surface area (Å²) in [5.41, 5.74) is 6.84. The van der Waals surface area contributed by atoms with Crippen molar-refractivity contribution in [3.63, 3.8) is 0 Å². The van der Waals surface area contributed by atoms with E-state index in [2.05, 4.69) is 4.90 Å². The summed E-state index contributed by atoms with van der Waals surface area (Å²) in [6, 6.07) is 5.03. The van der Waals surface area contributed by atoms with E-state index >= 15 is 0 Å². The van der Waals surface area contributed by atoms with Gasteiger partial charge in [0.15, 0.2) is 0 Å². The maximum atomic E-state index is 13.1. The maximum absolute atomic E-state index is 13.1. The van der Waals surface area contributed by atoms with Gasteiger partial charge in [0.05, 0.1) is 5.02 Å². The fourth-order valence-electron chi connectivity index (χ4n) is 2.10. The second kappa shape index (κ2) is 6.05. The molecule has 2 N–H and O–H groups in total. The molecule has 0 spiro atoms. The van der Waals surface area contributed by atoms with Gasteiger partial charge in [-0.05, 0) is 17.7 Å². The van der Waals surface area contributed by atoms with Crippen LogP contribution in [0.5, 0.6) is 0 Å². The highest BCUT2D eigenvalue weighted by atomic mass is 35.5. The average Bonchev–Trinajstić information content (AvgIpc) is 2.36. The van der Waals surface area contributed by atoms with Crippen LogP contribution in [0.2, 0.25) is 5.02 Å². The summed E-state index contributed by atoms with van der Waals surface area (Å²) >= 11 is 7.77. The third kappa shape index (κ3) is 3.13. The van der Waals surface area contributed by atoms with Gasteiger partial charge < -0.3 is 5.73 Å². The number of nitrogens with zero attached hydrogens (tertiary/aromatic N) is 1. The van der Waals surface area contributed by atoms with Crippen molar-refractivity contribution in [2.45, 2.75) is 6.04 Å². The standard InChI is InChI=1S/C12H16ClFN2S/c13-10-7-9(1-2-11(10)14)12(8-15)16-3-5-17-6-4-16/h1-2,7,12H,3-6,8,15H2. The van der Waals surface area contributed by atoms with Crippen LogP contribution in [-0.4, -0.2) is 36.0 Å². The number of halogens is 2. The highest BCUT2D eigenvalue weighted by Crippen LogP contribution is 2.26. The molecule has 1 aromatic carbocycles. The molecule has 1 atom stereocenters. The SMILES string of the molecule is NCC(c1ccc(F)c(Cl)c1)N1CCSCC1. The van der Waals surface area contributed by atoms with E-state index in [1.807, 2.05) is 11.8 Å². The Morgan fingerprint density at radius 3 is 2.71 bits per heavy atom. The topological polar surface area (TPSA) is 29.3 Å². The van der Waals surface area contributed by atoms with Gasteiger partial charge in [0, 0.05) is 37.2 Å². The fraction of sp³-hybridized carbons (Fsp3) is 0.500. The highest BCUT2D eigenvalue weighted by molar-refractivity contribution is 7.99. The molecule has 1 saturated heterocycles. The summed E-state index contributed by atoms with van der Waals surface area (Å²) in [4.78, 5) is 2.35.